The second kappa shape index (κ2) is 6.69. The van der Waals surface area contributed by atoms with Crippen LogP contribution in [0.25, 0.3) is 0 Å². The first-order valence-electron chi connectivity index (χ1n) is 5.64. The van der Waals surface area contributed by atoms with Gasteiger partial charge in [0.15, 0.2) is 0 Å². The minimum Gasteiger partial charge on any atom is -0.385 e. The first-order valence-corrected chi connectivity index (χ1v) is 5.64. The Morgan fingerprint density at radius 2 is 2.00 bits per heavy atom. The standard InChI is InChI=1S/C13H19FO3/c1-3-13(15,9-16-2)10-17-8-11-6-4-5-7-12(11)14/h4-7,15H,3,8-10H2,1-2H3. The van der Waals surface area contributed by atoms with Gasteiger partial charge in [0.1, 0.15) is 11.4 Å². The van der Waals surface area contributed by atoms with Crippen molar-refractivity contribution in [2.45, 2.75) is 25.6 Å². The van der Waals surface area contributed by atoms with Crippen LogP contribution in [0.4, 0.5) is 4.39 Å². The Hall–Kier alpha value is -0.970. The van der Waals surface area contributed by atoms with Gasteiger partial charge in [-0.3, -0.25) is 0 Å². The average molecular weight is 242 g/mol. The number of benzene rings is 1. The van der Waals surface area contributed by atoms with E-state index < -0.39 is 5.60 Å². The highest BCUT2D eigenvalue weighted by Crippen LogP contribution is 2.13. The zero-order valence-electron chi connectivity index (χ0n) is 10.3. The van der Waals surface area contributed by atoms with Gasteiger partial charge in [0, 0.05) is 12.7 Å². The fourth-order valence-electron chi connectivity index (χ4n) is 1.48. The molecule has 0 aromatic heterocycles. The summed E-state index contributed by atoms with van der Waals surface area (Å²) in [5.41, 5.74) is -0.511. The van der Waals surface area contributed by atoms with Crippen molar-refractivity contribution in [1.82, 2.24) is 0 Å². The number of hydrogen-bond donors (Lipinski definition) is 1. The maximum atomic E-state index is 13.3. The fraction of sp³-hybridized carbons (Fsp3) is 0.538. The molecule has 0 saturated carbocycles. The smallest absolute Gasteiger partial charge is 0.128 e. The molecular weight excluding hydrogens is 223 g/mol. The summed E-state index contributed by atoms with van der Waals surface area (Å²) in [6, 6.07) is 6.44. The zero-order chi connectivity index (χ0) is 12.7. The molecule has 0 aliphatic rings. The van der Waals surface area contributed by atoms with E-state index >= 15 is 0 Å². The minimum atomic E-state index is -1.000. The van der Waals surface area contributed by atoms with Crippen LogP contribution in [-0.4, -0.2) is 31.0 Å². The zero-order valence-corrected chi connectivity index (χ0v) is 10.3. The fourth-order valence-corrected chi connectivity index (χ4v) is 1.48. The van der Waals surface area contributed by atoms with E-state index in [-0.39, 0.29) is 25.6 Å². The molecule has 96 valence electrons. The highest BCUT2D eigenvalue weighted by atomic mass is 19.1. The molecule has 1 atom stereocenters. The molecule has 0 saturated heterocycles. The van der Waals surface area contributed by atoms with Crippen LogP contribution in [0.1, 0.15) is 18.9 Å². The van der Waals surface area contributed by atoms with Gasteiger partial charge in [-0.1, -0.05) is 25.1 Å². The van der Waals surface area contributed by atoms with Crippen LogP contribution in [0.5, 0.6) is 0 Å². The Morgan fingerprint density at radius 1 is 1.29 bits per heavy atom. The Labute approximate surface area is 101 Å². The number of aliphatic hydroxyl groups is 1. The molecule has 0 amide bonds. The second-order valence-corrected chi connectivity index (χ2v) is 4.10. The Balaban J connectivity index is 2.44. The van der Waals surface area contributed by atoms with Crippen LogP contribution >= 0.6 is 0 Å². The summed E-state index contributed by atoms with van der Waals surface area (Å²) in [6.45, 7) is 2.34. The third-order valence-electron chi connectivity index (χ3n) is 2.66. The summed E-state index contributed by atoms with van der Waals surface area (Å²) < 4.78 is 23.5. The highest BCUT2D eigenvalue weighted by Gasteiger charge is 2.24. The molecule has 0 heterocycles. The van der Waals surface area contributed by atoms with Crippen LogP contribution in [-0.2, 0) is 16.1 Å². The largest absolute Gasteiger partial charge is 0.385 e. The van der Waals surface area contributed by atoms with Gasteiger partial charge >= 0.3 is 0 Å². The molecule has 0 radical (unpaired) electrons. The molecule has 0 aliphatic heterocycles. The van der Waals surface area contributed by atoms with Crippen molar-refractivity contribution in [2.75, 3.05) is 20.3 Å². The van der Waals surface area contributed by atoms with Crippen LogP contribution in [0.3, 0.4) is 0 Å². The van der Waals surface area contributed by atoms with Gasteiger partial charge in [0.2, 0.25) is 0 Å². The van der Waals surface area contributed by atoms with E-state index in [9.17, 15) is 9.50 Å². The predicted octanol–water partition coefficient (Wildman–Crippen LogP) is 2.13. The van der Waals surface area contributed by atoms with E-state index in [0.29, 0.717) is 12.0 Å². The number of ether oxygens (including phenoxy) is 2. The quantitative estimate of drug-likeness (QED) is 0.796. The van der Waals surface area contributed by atoms with Crippen molar-refractivity contribution in [2.24, 2.45) is 0 Å². The van der Waals surface area contributed by atoms with Gasteiger partial charge in [-0.15, -0.1) is 0 Å². The SMILES string of the molecule is CCC(O)(COC)COCc1ccccc1F. The van der Waals surface area contributed by atoms with E-state index in [0.717, 1.165) is 0 Å². The number of rotatable bonds is 7. The lowest BCUT2D eigenvalue weighted by Gasteiger charge is -2.25. The van der Waals surface area contributed by atoms with E-state index in [1.54, 1.807) is 18.2 Å². The summed E-state index contributed by atoms with van der Waals surface area (Å²) in [7, 11) is 1.53. The van der Waals surface area contributed by atoms with Crippen molar-refractivity contribution >= 4 is 0 Å². The summed E-state index contributed by atoms with van der Waals surface area (Å²) in [5, 5.41) is 10.0. The molecule has 1 aromatic rings. The molecule has 0 fully saturated rings. The van der Waals surface area contributed by atoms with Crippen LogP contribution in [0.15, 0.2) is 24.3 Å². The normalized spacial score (nSPS) is 14.6. The second-order valence-electron chi connectivity index (χ2n) is 4.10. The van der Waals surface area contributed by atoms with Crippen molar-refractivity contribution < 1.29 is 19.0 Å². The van der Waals surface area contributed by atoms with Gasteiger partial charge < -0.3 is 14.6 Å². The van der Waals surface area contributed by atoms with E-state index in [2.05, 4.69) is 0 Å². The molecule has 1 N–H and O–H groups in total. The Kier molecular flexibility index (Phi) is 5.55. The molecule has 0 bridgehead atoms. The number of methoxy groups -OCH3 is 1. The lowest BCUT2D eigenvalue weighted by Crippen LogP contribution is -2.38. The van der Waals surface area contributed by atoms with Crippen LogP contribution < -0.4 is 0 Å². The molecule has 17 heavy (non-hydrogen) atoms. The monoisotopic (exact) mass is 242 g/mol. The van der Waals surface area contributed by atoms with Crippen molar-refractivity contribution in [3.05, 3.63) is 35.6 Å². The first kappa shape index (κ1) is 14.1. The van der Waals surface area contributed by atoms with Gasteiger partial charge in [0.25, 0.3) is 0 Å². The van der Waals surface area contributed by atoms with Crippen molar-refractivity contribution in [1.29, 1.82) is 0 Å². The van der Waals surface area contributed by atoms with Crippen LogP contribution in [0.2, 0.25) is 0 Å². The first-order chi connectivity index (χ1) is 8.11. The van der Waals surface area contributed by atoms with Crippen molar-refractivity contribution in [3.63, 3.8) is 0 Å². The molecule has 1 unspecified atom stereocenters. The molecule has 3 nitrogen and oxygen atoms in total. The number of halogens is 1. The third-order valence-corrected chi connectivity index (χ3v) is 2.66. The maximum Gasteiger partial charge on any atom is 0.128 e. The molecule has 4 heteroatoms. The van der Waals surface area contributed by atoms with Gasteiger partial charge in [-0.25, -0.2) is 4.39 Å². The van der Waals surface area contributed by atoms with Gasteiger partial charge in [0.05, 0.1) is 19.8 Å². The summed E-state index contributed by atoms with van der Waals surface area (Å²) in [5.74, 6) is -0.292. The molecule has 1 aromatic carbocycles. The van der Waals surface area contributed by atoms with E-state index in [4.69, 9.17) is 9.47 Å². The summed E-state index contributed by atoms with van der Waals surface area (Å²) in [4.78, 5) is 0. The molecule has 1 rings (SSSR count). The molecular formula is C13H19FO3. The van der Waals surface area contributed by atoms with Crippen molar-refractivity contribution in [3.8, 4) is 0 Å². The minimum absolute atomic E-state index is 0.131. The average Bonchev–Trinajstić information content (AvgIpc) is 2.32. The van der Waals surface area contributed by atoms with E-state index in [1.165, 1.54) is 13.2 Å². The topological polar surface area (TPSA) is 38.7 Å². The van der Waals surface area contributed by atoms with E-state index in [1.807, 2.05) is 6.92 Å². The lowest BCUT2D eigenvalue weighted by atomic mass is 10.0. The Bertz CT molecular complexity index is 343. The lowest BCUT2D eigenvalue weighted by molar-refractivity contribution is -0.0927. The number of hydrogen-bond acceptors (Lipinski definition) is 3. The van der Waals surface area contributed by atoms with Gasteiger partial charge in [-0.05, 0) is 12.5 Å². The third kappa shape index (κ3) is 4.42. The molecule has 0 aliphatic carbocycles. The van der Waals surface area contributed by atoms with Crippen LogP contribution in [0, 0.1) is 5.82 Å². The maximum absolute atomic E-state index is 13.3. The van der Waals surface area contributed by atoms with Gasteiger partial charge in [-0.2, -0.15) is 0 Å². The summed E-state index contributed by atoms with van der Waals surface area (Å²) in [6.07, 6.45) is 0.526. The predicted molar refractivity (Wildman–Crippen MR) is 63.2 cm³/mol. The highest BCUT2D eigenvalue weighted by molar-refractivity contribution is 5.16. The molecule has 0 spiro atoms. The summed E-state index contributed by atoms with van der Waals surface area (Å²) >= 11 is 0. The Morgan fingerprint density at radius 3 is 2.59 bits per heavy atom.